The summed E-state index contributed by atoms with van der Waals surface area (Å²) in [7, 11) is 5.85. The molecule has 226 valence electrons. The van der Waals surface area contributed by atoms with Gasteiger partial charge in [-0.15, -0.1) is 0 Å². The van der Waals surface area contributed by atoms with Crippen molar-refractivity contribution in [2.45, 2.75) is 57.0 Å². The van der Waals surface area contributed by atoms with Crippen LogP contribution in [-0.4, -0.2) is 143 Å². The molecule has 0 aromatic heterocycles. The van der Waals surface area contributed by atoms with Crippen molar-refractivity contribution < 1.29 is 19.1 Å². The van der Waals surface area contributed by atoms with E-state index in [1.54, 1.807) is 0 Å². The van der Waals surface area contributed by atoms with Crippen LogP contribution < -0.4 is 10.6 Å². The standard InChI is InChI=1S/C28H50N8O4/c1-33(2)22-25(26(37)30-24(21-29)20-23-8-13-34(3)14-9-23)31-27(36-15-18-39-19-16-36)32-28(38)40-17-7-12-35-10-5-4-6-11-35/h23-25H,4-20,22H2,1-3H3,(H,30,37)(H,31,32,38). The molecule has 3 rings (SSSR count). The minimum absolute atomic E-state index is 0.301. The zero-order valence-electron chi connectivity index (χ0n) is 24.8. The lowest BCUT2D eigenvalue weighted by atomic mass is 9.90. The van der Waals surface area contributed by atoms with Gasteiger partial charge >= 0.3 is 6.09 Å². The van der Waals surface area contributed by atoms with Gasteiger partial charge in [-0.1, -0.05) is 6.42 Å². The first kappa shape index (κ1) is 32.1. The highest BCUT2D eigenvalue weighted by Gasteiger charge is 2.28. The topological polar surface area (TPSA) is 126 Å². The summed E-state index contributed by atoms with van der Waals surface area (Å²) >= 11 is 0. The summed E-state index contributed by atoms with van der Waals surface area (Å²) < 4.78 is 11.0. The number of morpholine rings is 1. The van der Waals surface area contributed by atoms with Crippen LogP contribution in [0.1, 0.15) is 44.9 Å². The van der Waals surface area contributed by atoms with Gasteiger partial charge in [0.15, 0.2) is 0 Å². The molecular formula is C28H50N8O4. The molecule has 0 bridgehead atoms. The van der Waals surface area contributed by atoms with Gasteiger partial charge in [-0.2, -0.15) is 5.26 Å². The highest BCUT2D eigenvalue weighted by atomic mass is 16.5. The fourth-order valence-corrected chi connectivity index (χ4v) is 5.45. The molecule has 3 fully saturated rings. The Morgan fingerprint density at radius 1 is 1.10 bits per heavy atom. The molecule has 2 N–H and O–H groups in total. The number of amides is 2. The van der Waals surface area contributed by atoms with Gasteiger partial charge in [0.2, 0.25) is 11.9 Å². The monoisotopic (exact) mass is 562 g/mol. The van der Waals surface area contributed by atoms with Crippen LogP contribution in [0.15, 0.2) is 4.99 Å². The highest BCUT2D eigenvalue weighted by Crippen LogP contribution is 2.21. The quantitative estimate of drug-likeness (QED) is 0.215. The Bertz CT molecular complexity index is 844. The van der Waals surface area contributed by atoms with E-state index in [1.807, 2.05) is 23.9 Å². The Morgan fingerprint density at radius 3 is 2.45 bits per heavy atom. The highest BCUT2D eigenvalue weighted by molar-refractivity contribution is 5.96. The van der Waals surface area contributed by atoms with Crippen LogP contribution in [0.25, 0.3) is 0 Å². The molecule has 3 saturated heterocycles. The number of nitrogens with one attached hydrogen (secondary N) is 2. The number of aliphatic imine (C=N–C) groups is 1. The summed E-state index contributed by atoms with van der Waals surface area (Å²) in [4.78, 5) is 39.4. The third kappa shape index (κ3) is 11.6. The second-order valence-electron chi connectivity index (χ2n) is 11.5. The number of nitriles is 1. The van der Waals surface area contributed by atoms with E-state index in [4.69, 9.17) is 14.5 Å². The Kier molecular flexibility index (Phi) is 13.9. The summed E-state index contributed by atoms with van der Waals surface area (Å²) in [5.41, 5.74) is 0. The van der Waals surface area contributed by atoms with Gasteiger partial charge in [-0.25, -0.2) is 9.79 Å². The van der Waals surface area contributed by atoms with Gasteiger partial charge in [0, 0.05) is 26.2 Å². The minimum Gasteiger partial charge on any atom is -0.449 e. The van der Waals surface area contributed by atoms with Crippen LogP contribution in [0.2, 0.25) is 0 Å². The zero-order chi connectivity index (χ0) is 28.7. The van der Waals surface area contributed by atoms with E-state index in [9.17, 15) is 14.9 Å². The number of piperidine rings is 2. The first-order chi connectivity index (χ1) is 19.3. The first-order valence-corrected chi connectivity index (χ1v) is 14.9. The molecule has 0 radical (unpaired) electrons. The lowest BCUT2D eigenvalue weighted by Gasteiger charge is -2.31. The van der Waals surface area contributed by atoms with Gasteiger partial charge in [-0.05, 0) is 91.8 Å². The molecule has 0 spiro atoms. The van der Waals surface area contributed by atoms with Crippen molar-refractivity contribution >= 4 is 18.0 Å². The molecular weight excluding hydrogens is 512 g/mol. The maximum Gasteiger partial charge on any atom is 0.413 e. The fourth-order valence-electron chi connectivity index (χ4n) is 5.45. The molecule has 12 nitrogen and oxygen atoms in total. The third-order valence-electron chi connectivity index (χ3n) is 7.82. The van der Waals surface area contributed by atoms with Crippen LogP contribution in [0.4, 0.5) is 4.79 Å². The molecule has 3 aliphatic heterocycles. The van der Waals surface area contributed by atoms with E-state index < -0.39 is 18.2 Å². The zero-order valence-corrected chi connectivity index (χ0v) is 24.8. The molecule has 0 saturated carbocycles. The van der Waals surface area contributed by atoms with E-state index >= 15 is 0 Å². The lowest BCUT2D eigenvalue weighted by Crippen LogP contribution is -2.52. The number of rotatable bonds is 11. The van der Waals surface area contributed by atoms with Crippen LogP contribution in [-0.2, 0) is 14.3 Å². The van der Waals surface area contributed by atoms with Crippen molar-refractivity contribution in [2.24, 2.45) is 10.9 Å². The predicted octanol–water partition coefficient (Wildman–Crippen LogP) is 0.947. The van der Waals surface area contributed by atoms with Crippen molar-refractivity contribution in [2.75, 3.05) is 93.3 Å². The Labute approximate surface area is 240 Å². The van der Waals surface area contributed by atoms with Crippen LogP contribution in [0, 0.1) is 17.2 Å². The van der Waals surface area contributed by atoms with Crippen molar-refractivity contribution in [3.63, 3.8) is 0 Å². The molecule has 3 heterocycles. The minimum atomic E-state index is -0.805. The second kappa shape index (κ2) is 17.4. The van der Waals surface area contributed by atoms with Crippen molar-refractivity contribution in [1.29, 1.82) is 5.26 Å². The molecule has 0 aromatic rings. The average Bonchev–Trinajstić information content (AvgIpc) is 2.96. The fraction of sp³-hybridized carbons (Fsp3) is 0.857. The first-order valence-electron chi connectivity index (χ1n) is 14.9. The number of nitrogens with zero attached hydrogens (tertiary/aromatic N) is 6. The molecule has 3 aliphatic rings. The van der Waals surface area contributed by atoms with E-state index in [-0.39, 0.29) is 5.91 Å². The third-order valence-corrected chi connectivity index (χ3v) is 7.82. The molecule has 2 unspecified atom stereocenters. The Hall–Kier alpha value is -2.46. The molecule has 0 aromatic carbocycles. The van der Waals surface area contributed by atoms with Crippen LogP contribution in [0.3, 0.4) is 0 Å². The lowest BCUT2D eigenvalue weighted by molar-refractivity contribution is -0.123. The number of carbonyl (C=O) groups excluding carboxylic acids is 2. The van der Waals surface area contributed by atoms with Gasteiger partial charge in [0.25, 0.3) is 0 Å². The second-order valence-corrected chi connectivity index (χ2v) is 11.5. The number of ether oxygens (including phenoxy) is 2. The smallest absolute Gasteiger partial charge is 0.413 e. The van der Waals surface area contributed by atoms with E-state index in [0.29, 0.717) is 57.8 Å². The number of likely N-dealkylation sites (tertiary alicyclic amines) is 2. The van der Waals surface area contributed by atoms with Crippen molar-refractivity contribution in [3.8, 4) is 6.07 Å². The average molecular weight is 563 g/mol. The number of hydrogen-bond donors (Lipinski definition) is 2. The van der Waals surface area contributed by atoms with E-state index in [0.717, 1.165) is 52.0 Å². The molecule has 12 heteroatoms. The Morgan fingerprint density at radius 2 is 1.80 bits per heavy atom. The van der Waals surface area contributed by atoms with Gasteiger partial charge in [0.05, 0.1) is 25.9 Å². The van der Waals surface area contributed by atoms with Gasteiger partial charge < -0.3 is 34.4 Å². The van der Waals surface area contributed by atoms with Crippen molar-refractivity contribution in [1.82, 2.24) is 30.2 Å². The number of alkyl carbamates (subject to hydrolysis) is 1. The molecule has 2 atom stereocenters. The maximum absolute atomic E-state index is 13.4. The molecule has 40 heavy (non-hydrogen) atoms. The summed E-state index contributed by atoms with van der Waals surface area (Å²) in [6, 6.07) is 0.890. The molecule has 0 aliphatic carbocycles. The van der Waals surface area contributed by atoms with Crippen LogP contribution >= 0.6 is 0 Å². The SMILES string of the molecule is CN(C)CC(N=C(NC(=O)OCCCN1CCCCC1)N1CCOCC1)C(=O)NC(C#N)CC1CCN(C)CC1. The number of carbonyl (C=O) groups is 2. The van der Waals surface area contributed by atoms with Crippen LogP contribution in [0.5, 0.6) is 0 Å². The van der Waals surface area contributed by atoms with Gasteiger partial charge in [-0.3, -0.25) is 10.1 Å². The number of hydrogen-bond acceptors (Lipinski definition) is 9. The van der Waals surface area contributed by atoms with E-state index in [1.165, 1.54) is 19.3 Å². The summed E-state index contributed by atoms with van der Waals surface area (Å²) in [6.45, 7) is 7.90. The molecule has 2 amide bonds. The largest absolute Gasteiger partial charge is 0.449 e. The maximum atomic E-state index is 13.4. The normalized spacial score (nSPS) is 21.5. The predicted molar refractivity (Wildman–Crippen MR) is 154 cm³/mol. The number of guanidine groups is 1. The summed E-state index contributed by atoms with van der Waals surface area (Å²) in [6.07, 6.45) is 6.63. The van der Waals surface area contributed by atoms with Crippen molar-refractivity contribution in [3.05, 3.63) is 0 Å². The van der Waals surface area contributed by atoms with E-state index in [2.05, 4.69) is 33.6 Å². The van der Waals surface area contributed by atoms with Gasteiger partial charge in [0.1, 0.15) is 12.1 Å². The summed E-state index contributed by atoms with van der Waals surface area (Å²) in [5.74, 6) is 0.387. The Balaban J connectivity index is 1.61. The summed E-state index contributed by atoms with van der Waals surface area (Å²) in [5, 5.41) is 15.5. The number of likely N-dealkylation sites (N-methyl/N-ethyl adjacent to an activating group) is 1.